The molecule has 2 heterocycles. The molecule has 0 unspecified atom stereocenters. The predicted molar refractivity (Wildman–Crippen MR) is 68.7 cm³/mol. The smallest absolute Gasteiger partial charge is 0.0440 e. The minimum atomic E-state index is 0.286. The van der Waals surface area contributed by atoms with Crippen LogP contribution in [0.2, 0.25) is 0 Å². The SMILES string of the molecule is C=C(C)C1(N2CCNCC2)CCN(C)CC1. The highest BCUT2D eigenvalue weighted by atomic mass is 15.3. The molecule has 0 aromatic heterocycles. The van der Waals surface area contributed by atoms with Crippen LogP contribution < -0.4 is 5.32 Å². The van der Waals surface area contributed by atoms with Crippen molar-refractivity contribution in [3.63, 3.8) is 0 Å². The summed E-state index contributed by atoms with van der Waals surface area (Å²) in [6, 6.07) is 0. The van der Waals surface area contributed by atoms with Crippen molar-refractivity contribution in [2.24, 2.45) is 0 Å². The van der Waals surface area contributed by atoms with Gasteiger partial charge in [-0.15, -0.1) is 0 Å². The lowest BCUT2D eigenvalue weighted by atomic mass is 9.80. The van der Waals surface area contributed by atoms with Gasteiger partial charge in [-0.3, -0.25) is 4.90 Å². The van der Waals surface area contributed by atoms with Crippen molar-refractivity contribution in [2.45, 2.75) is 25.3 Å². The fourth-order valence-corrected chi connectivity index (χ4v) is 3.09. The van der Waals surface area contributed by atoms with Crippen molar-refractivity contribution in [1.29, 1.82) is 0 Å². The van der Waals surface area contributed by atoms with E-state index in [1.807, 2.05) is 0 Å². The van der Waals surface area contributed by atoms with Crippen molar-refractivity contribution in [3.8, 4) is 0 Å². The van der Waals surface area contributed by atoms with Gasteiger partial charge >= 0.3 is 0 Å². The zero-order chi connectivity index (χ0) is 11.6. The first-order valence-electron chi connectivity index (χ1n) is 6.45. The van der Waals surface area contributed by atoms with Gasteiger partial charge in [0.25, 0.3) is 0 Å². The van der Waals surface area contributed by atoms with Gasteiger partial charge < -0.3 is 10.2 Å². The average molecular weight is 223 g/mol. The maximum Gasteiger partial charge on any atom is 0.0440 e. The predicted octanol–water partition coefficient (Wildman–Crippen LogP) is 0.932. The summed E-state index contributed by atoms with van der Waals surface area (Å²) >= 11 is 0. The largest absolute Gasteiger partial charge is 0.314 e. The number of hydrogen-bond acceptors (Lipinski definition) is 3. The molecule has 3 heteroatoms. The van der Waals surface area contributed by atoms with Crippen LogP contribution >= 0.6 is 0 Å². The molecule has 0 aliphatic carbocycles. The van der Waals surface area contributed by atoms with E-state index in [9.17, 15) is 0 Å². The summed E-state index contributed by atoms with van der Waals surface area (Å²) in [7, 11) is 2.22. The Morgan fingerprint density at radius 2 is 1.69 bits per heavy atom. The summed E-state index contributed by atoms with van der Waals surface area (Å²) in [5.41, 5.74) is 1.65. The van der Waals surface area contributed by atoms with E-state index >= 15 is 0 Å². The van der Waals surface area contributed by atoms with Gasteiger partial charge in [-0.05, 0) is 39.9 Å². The first-order valence-corrected chi connectivity index (χ1v) is 6.45. The van der Waals surface area contributed by atoms with Gasteiger partial charge in [0.2, 0.25) is 0 Å². The molecule has 2 aliphatic rings. The highest BCUT2D eigenvalue weighted by Gasteiger charge is 2.39. The lowest BCUT2D eigenvalue weighted by molar-refractivity contribution is 0.0461. The Kier molecular flexibility index (Phi) is 3.67. The molecule has 2 rings (SSSR count). The Morgan fingerprint density at radius 1 is 1.12 bits per heavy atom. The Morgan fingerprint density at radius 3 is 2.19 bits per heavy atom. The van der Waals surface area contributed by atoms with Crippen LogP contribution in [-0.2, 0) is 0 Å². The summed E-state index contributed by atoms with van der Waals surface area (Å²) in [6.07, 6.45) is 2.50. The molecule has 92 valence electrons. The van der Waals surface area contributed by atoms with Crippen LogP contribution in [0.3, 0.4) is 0 Å². The van der Waals surface area contributed by atoms with Gasteiger partial charge in [-0.25, -0.2) is 0 Å². The van der Waals surface area contributed by atoms with Gasteiger partial charge in [0, 0.05) is 31.7 Å². The molecule has 0 saturated carbocycles. The molecule has 2 aliphatic heterocycles. The van der Waals surface area contributed by atoms with Gasteiger partial charge in [-0.2, -0.15) is 0 Å². The standard InChI is InChI=1S/C13H25N3/c1-12(2)13(4-8-15(3)9-5-13)16-10-6-14-7-11-16/h14H,1,4-11H2,2-3H3. The Hall–Kier alpha value is -0.380. The van der Waals surface area contributed by atoms with E-state index in [-0.39, 0.29) is 5.54 Å². The van der Waals surface area contributed by atoms with Gasteiger partial charge in [0.05, 0.1) is 0 Å². The minimum Gasteiger partial charge on any atom is -0.314 e. The molecule has 2 fully saturated rings. The number of hydrogen-bond donors (Lipinski definition) is 1. The first-order chi connectivity index (χ1) is 7.65. The quantitative estimate of drug-likeness (QED) is 0.703. The first kappa shape index (κ1) is 12.1. The number of piperidine rings is 1. The Bertz CT molecular complexity index is 248. The van der Waals surface area contributed by atoms with Gasteiger partial charge in [-0.1, -0.05) is 12.2 Å². The molecular formula is C13H25N3. The van der Waals surface area contributed by atoms with E-state index < -0.39 is 0 Å². The molecule has 16 heavy (non-hydrogen) atoms. The molecule has 0 spiro atoms. The molecule has 1 N–H and O–H groups in total. The summed E-state index contributed by atoms with van der Waals surface area (Å²) in [5, 5.41) is 3.44. The van der Waals surface area contributed by atoms with Gasteiger partial charge in [0.1, 0.15) is 0 Å². The van der Waals surface area contributed by atoms with Crippen molar-refractivity contribution >= 4 is 0 Å². The Labute approximate surface area is 99.5 Å². The number of rotatable bonds is 2. The highest BCUT2D eigenvalue weighted by Crippen LogP contribution is 2.34. The molecular weight excluding hydrogens is 198 g/mol. The molecule has 0 aromatic carbocycles. The van der Waals surface area contributed by atoms with Crippen molar-refractivity contribution < 1.29 is 0 Å². The maximum atomic E-state index is 4.27. The van der Waals surface area contributed by atoms with Crippen molar-refractivity contribution in [2.75, 3.05) is 46.3 Å². The summed E-state index contributed by atoms with van der Waals surface area (Å²) in [6.45, 7) is 13.5. The normalized spacial score (nSPS) is 27.9. The van der Waals surface area contributed by atoms with Crippen LogP contribution in [0.1, 0.15) is 19.8 Å². The lowest BCUT2D eigenvalue weighted by Crippen LogP contribution is -2.60. The third-order valence-corrected chi connectivity index (χ3v) is 4.33. The van der Waals surface area contributed by atoms with Crippen LogP contribution in [0.25, 0.3) is 0 Å². The summed E-state index contributed by atoms with van der Waals surface area (Å²) in [4.78, 5) is 5.10. The van der Waals surface area contributed by atoms with Crippen molar-refractivity contribution in [1.82, 2.24) is 15.1 Å². The maximum absolute atomic E-state index is 4.27. The van der Waals surface area contributed by atoms with E-state index in [2.05, 4.69) is 35.7 Å². The topological polar surface area (TPSA) is 18.5 Å². The van der Waals surface area contributed by atoms with Gasteiger partial charge in [0.15, 0.2) is 0 Å². The fourth-order valence-electron chi connectivity index (χ4n) is 3.09. The fraction of sp³-hybridized carbons (Fsp3) is 0.846. The second kappa shape index (κ2) is 4.86. The number of nitrogens with one attached hydrogen (secondary N) is 1. The minimum absolute atomic E-state index is 0.286. The monoisotopic (exact) mass is 223 g/mol. The molecule has 0 radical (unpaired) electrons. The van der Waals surface area contributed by atoms with Crippen LogP contribution in [0.15, 0.2) is 12.2 Å². The molecule has 0 bridgehead atoms. The number of piperazine rings is 1. The summed E-state index contributed by atoms with van der Waals surface area (Å²) < 4.78 is 0. The third kappa shape index (κ3) is 2.17. The zero-order valence-electron chi connectivity index (χ0n) is 10.8. The van der Waals surface area contributed by atoms with E-state index in [1.54, 1.807) is 0 Å². The molecule has 0 aromatic rings. The van der Waals surface area contributed by atoms with E-state index in [4.69, 9.17) is 0 Å². The molecule has 3 nitrogen and oxygen atoms in total. The van der Waals surface area contributed by atoms with Crippen LogP contribution in [0, 0.1) is 0 Å². The second-order valence-corrected chi connectivity index (χ2v) is 5.35. The van der Waals surface area contributed by atoms with Crippen LogP contribution in [-0.4, -0.2) is 61.7 Å². The van der Waals surface area contributed by atoms with Crippen LogP contribution in [0.4, 0.5) is 0 Å². The van der Waals surface area contributed by atoms with E-state index in [1.165, 1.54) is 44.6 Å². The van der Waals surface area contributed by atoms with E-state index in [0.29, 0.717) is 0 Å². The third-order valence-electron chi connectivity index (χ3n) is 4.33. The summed E-state index contributed by atoms with van der Waals surface area (Å²) in [5.74, 6) is 0. The second-order valence-electron chi connectivity index (χ2n) is 5.35. The molecule has 0 atom stereocenters. The zero-order valence-corrected chi connectivity index (χ0v) is 10.8. The Balaban J connectivity index is 2.11. The van der Waals surface area contributed by atoms with Crippen molar-refractivity contribution in [3.05, 3.63) is 12.2 Å². The van der Waals surface area contributed by atoms with E-state index in [0.717, 1.165) is 13.1 Å². The van der Waals surface area contributed by atoms with Crippen LogP contribution in [0.5, 0.6) is 0 Å². The molecule has 2 saturated heterocycles. The highest BCUT2D eigenvalue weighted by molar-refractivity contribution is 5.17. The number of likely N-dealkylation sites (tertiary alicyclic amines) is 1. The number of nitrogens with zero attached hydrogens (tertiary/aromatic N) is 2. The molecule has 0 amide bonds. The lowest BCUT2D eigenvalue weighted by Gasteiger charge is -2.50. The average Bonchev–Trinajstić information content (AvgIpc) is 2.31.